The molecule has 0 aliphatic heterocycles. The molecule has 0 aliphatic rings. The van der Waals surface area contributed by atoms with Gasteiger partial charge in [-0.25, -0.2) is 22.7 Å². The number of aryl methyl sites for hydroxylation is 1. The number of carbonyl (C=O) groups excluding carboxylic acids is 2. The van der Waals surface area contributed by atoms with Crippen LogP contribution in [-0.4, -0.2) is 26.3 Å². The molecule has 0 aliphatic carbocycles. The predicted molar refractivity (Wildman–Crippen MR) is 88.2 cm³/mol. The SMILES string of the molecule is Cc1ccc(C(=O)C(C)OC(=O)c2cc(S(N)(=O)=O)ccc2F)cc1. The molecule has 2 aromatic carbocycles. The number of hydrogen-bond acceptors (Lipinski definition) is 5. The zero-order valence-corrected chi connectivity index (χ0v) is 14.3. The molecule has 2 rings (SSSR count). The van der Waals surface area contributed by atoms with Crippen LogP contribution in [0.4, 0.5) is 4.39 Å². The minimum absolute atomic E-state index is 0.338. The largest absolute Gasteiger partial charge is 0.451 e. The van der Waals surface area contributed by atoms with Crippen molar-refractivity contribution in [2.75, 3.05) is 0 Å². The van der Waals surface area contributed by atoms with Crippen molar-refractivity contribution < 1.29 is 27.1 Å². The van der Waals surface area contributed by atoms with Gasteiger partial charge in [0.1, 0.15) is 5.82 Å². The summed E-state index contributed by atoms with van der Waals surface area (Å²) in [6.45, 7) is 3.21. The maximum absolute atomic E-state index is 13.8. The van der Waals surface area contributed by atoms with Gasteiger partial charge < -0.3 is 4.74 Å². The van der Waals surface area contributed by atoms with Crippen LogP contribution in [0.3, 0.4) is 0 Å². The van der Waals surface area contributed by atoms with Crippen molar-refractivity contribution in [3.05, 3.63) is 65.0 Å². The summed E-state index contributed by atoms with van der Waals surface area (Å²) in [4.78, 5) is 23.9. The van der Waals surface area contributed by atoms with Crippen LogP contribution in [-0.2, 0) is 14.8 Å². The number of hydrogen-bond donors (Lipinski definition) is 1. The topological polar surface area (TPSA) is 104 Å². The summed E-state index contributed by atoms with van der Waals surface area (Å²) in [6, 6.07) is 9.14. The highest BCUT2D eigenvalue weighted by atomic mass is 32.2. The van der Waals surface area contributed by atoms with Crippen molar-refractivity contribution in [3.8, 4) is 0 Å². The van der Waals surface area contributed by atoms with Crippen LogP contribution >= 0.6 is 0 Å². The van der Waals surface area contributed by atoms with Crippen molar-refractivity contribution in [2.24, 2.45) is 5.14 Å². The number of ether oxygens (including phenoxy) is 1. The van der Waals surface area contributed by atoms with Crippen LogP contribution < -0.4 is 5.14 Å². The Hall–Kier alpha value is -2.58. The molecule has 0 bridgehead atoms. The Morgan fingerprint density at radius 1 is 1.12 bits per heavy atom. The molecule has 0 fully saturated rings. The van der Waals surface area contributed by atoms with Crippen LogP contribution in [0.15, 0.2) is 47.4 Å². The Labute approximate surface area is 144 Å². The fourth-order valence-corrected chi connectivity index (χ4v) is 2.61. The number of Topliss-reactive ketones (excluding diaryl/α,β-unsaturated/α-hetero) is 1. The fraction of sp³-hybridized carbons (Fsp3) is 0.176. The van der Waals surface area contributed by atoms with Crippen LogP contribution in [0.2, 0.25) is 0 Å². The molecule has 132 valence electrons. The molecule has 8 heteroatoms. The summed E-state index contributed by atoms with van der Waals surface area (Å²) in [5.41, 5.74) is 0.683. The molecule has 2 N–H and O–H groups in total. The molecule has 6 nitrogen and oxygen atoms in total. The van der Waals surface area contributed by atoms with Crippen molar-refractivity contribution in [1.29, 1.82) is 0 Å². The third-order valence-corrected chi connectivity index (χ3v) is 4.39. The van der Waals surface area contributed by atoms with E-state index in [1.54, 1.807) is 24.3 Å². The minimum atomic E-state index is -4.11. The lowest BCUT2D eigenvalue weighted by Crippen LogP contribution is -2.25. The Morgan fingerprint density at radius 2 is 1.72 bits per heavy atom. The van der Waals surface area contributed by atoms with Crippen LogP contribution in [0.1, 0.15) is 33.2 Å². The molecule has 0 radical (unpaired) electrons. The van der Waals surface area contributed by atoms with Gasteiger partial charge in [0.05, 0.1) is 10.5 Å². The smallest absolute Gasteiger partial charge is 0.341 e. The van der Waals surface area contributed by atoms with Crippen molar-refractivity contribution >= 4 is 21.8 Å². The average Bonchev–Trinajstić information content (AvgIpc) is 2.54. The molecule has 0 spiro atoms. The summed E-state index contributed by atoms with van der Waals surface area (Å²) in [6.07, 6.45) is -1.17. The zero-order valence-electron chi connectivity index (χ0n) is 13.5. The molecule has 0 saturated carbocycles. The second-order valence-electron chi connectivity index (χ2n) is 5.46. The Bertz CT molecular complexity index is 923. The molecule has 25 heavy (non-hydrogen) atoms. The first-order valence-electron chi connectivity index (χ1n) is 7.24. The van der Waals surface area contributed by atoms with E-state index in [2.05, 4.69) is 0 Å². The Morgan fingerprint density at radius 3 is 2.28 bits per heavy atom. The third-order valence-electron chi connectivity index (χ3n) is 3.48. The highest BCUT2D eigenvalue weighted by Gasteiger charge is 2.23. The molecule has 0 heterocycles. The van der Waals surface area contributed by atoms with Gasteiger partial charge in [-0.1, -0.05) is 29.8 Å². The lowest BCUT2D eigenvalue weighted by atomic mass is 10.1. The van der Waals surface area contributed by atoms with Gasteiger partial charge >= 0.3 is 5.97 Å². The van der Waals surface area contributed by atoms with E-state index in [0.717, 1.165) is 23.8 Å². The standard InChI is InChI=1S/C17H16FNO5S/c1-10-3-5-12(6-4-10)16(20)11(2)24-17(21)14-9-13(25(19,22)23)7-8-15(14)18/h3-9,11H,1-2H3,(H2,19,22,23). The number of rotatable bonds is 5. The number of ketones is 1. The average molecular weight is 365 g/mol. The Kier molecular flexibility index (Phi) is 5.34. The van der Waals surface area contributed by atoms with Gasteiger partial charge in [-0.3, -0.25) is 4.79 Å². The maximum Gasteiger partial charge on any atom is 0.341 e. The van der Waals surface area contributed by atoms with Crippen molar-refractivity contribution in [1.82, 2.24) is 0 Å². The summed E-state index contributed by atoms with van der Waals surface area (Å²) in [5.74, 6) is -2.60. The molecule has 1 unspecified atom stereocenters. The van der Waals surface area contributed by atoms with E-state index in [4.69, 9.17) is 9.88 Å². The molecular weight excluding hydrogens is 349 g/mol. The summed E-state index contributed by atoms with van der Waals surface area (Å²) < 4.78 is 41.4. The highest BCUT2D eigenvalue weighted by molar-refractivity contribution is 7.89. The first-order valence-corrected chi connectivity index (χ1v) is 8.78. The molecular formula is C17H16FNO5S. The number of sulfonamides is 1. The van der Waals surface area contributed by atoms with Gasteiger partial charge in [0, 0.05) is 5.56 Å². The molecule has 2 aromatic rings. The van der Waals surface area contributed by atoms with Gasteiger partial charge in [0.25, 0.3) is 0 Å². The van der Waals surface area contributed by atoms with Gasteiger partial charge in [0.15, 0.2) is 6.10 Å². The number of halogens is 1. The van der Waals surface area contributed by atoms with Crippen LogP contribution in [0.25, 0.3) is 0 Å². The van der Waals surface area contributed by atoms with E-state index in [1.807, 2.05) is 6.92 Å². The quantitative estimate of drug-likeness (QED) is 0.646. The predicted octanol–water partition coefficient (Wildman–Crippen LogP) is 2.21. The summed E-state index contributed by atoms with van der Waals surface area (Å²) in [5, 5.41) is 4.96. The maximum atomic E-state index is 13.8. The molecule has 0 saturated heterocycles. The van der Waals surface area contributed by atoms with Gasteiger partial charge in [-0.05, 0) is 32.0 Å². The third kappa shape index (κ3) is 4.49. The number of esters is 1. The van der Waals surface area contributed by atoms with E-state index in [9.17, 15) is 22.4 Å². The first-order chi connectivity index (χ1) is 11.6. The number of carbonyl (C=O) groups is 2. The van der Waals surface area contributed by atoms with Crippen molar-refractivity contribution in [2.45, 2.75) is 24.8 Å². The lowest BCUT2D eigenvalue weighted by Gasteiger charge is -2.13. The number of nitrogens with two attached hydrogens (primary N) is 1. The van der Waals surface area contributed by atoms with E-state index < -0.39 is 44.2 Å². The second-order valence-corrected chi connectivity index (χ2v) is 7.03. The normalized spacial score (nSPS) is 12.5. The van der Waals surface area contributed by atoms with E-state index in [-0.39, 0.29) is 0 Å². The zero-order chi connectivity index (χ0) is 18.8. The van der Waals surface area contributed by atoms with Crippen LogP contribution in [0, 0.1) is 12.7 Å². The molecule has 0 amide bonds. The minimum Gasteiger partial charge on any atom is -0.451 e. The summed E-state index contributed by atoms with van der Waals surface area (Å²) in [7, 11) is -4.11. The fourth-order valence-electron chi connectivity index (χ4n) is 2.07. The lowest BCUT2D eigenvalue weighted by molar-refractivity contribution is 0.0314. The van der Waals surface area contributed by atoms with Gasteiger partial charge in [0.2, 0.25) is 15.8 Å². The first kappa shape index (κ1) is 18.8. The molecule has 0 aromatic heterocycles. The molecule has 1 atom stereocenters. The number of benzene rings is 2. The van der Waals surface area contributed by atoms with Gasteiger partial charge in [-0.2, -0.15) is 0 Å². The second kappa shape index (κ2) is 7.12. The van der Waals surface area contributed by atoms with Gasteiger partial charge in [-0.15, -0.1) is 0 Å². The highest BCUT2D eigenvalue weighted by Crippen LogP contribution is 2.17. The van der Waals surface area contributed by atoms with E-state index in [1.165, 1.54) is 6.92 Å². The van der Waals surface area contributed by atoms with E-state index >= 15 is 0 Å². The van der Waals surface area contributed by atoms with E-state index in [0.29, 0.717) is 5.56 Å². The monoisotopic (exact) mass is 365 g/mol. The number of primary sulfonamides is 1. The summed E-state index contributed by atoms with van der Waals surface area (Å²) >= 11 is 0. The Balaban J connectivity index is 2.21. The van der Waals surface area contributed by atoms with Crippen LogP contribution in [0.5, 0.6) is 0 Å². The van der Waals surface area contributed by atoms with Crippen molar-refractivity contribution in [3.63, 3.8) is 0 Å².